The van der Waals surface area contributed by atoms with E-state index < -0.39 is 0 Å². The van der Waals surface area contributed by atoms with Crippen LogP contribution in [0.15, 0.2) is 11.4 Å². The fourth-order valence-electron chi connectivity index (χ4n) is 2.76. The lowest BCUT2D eigenvalue weighted by Gasteiger charge is -2.19. The number of rotatable bonds is 2. The van der Waals surface area contributed by atoms with Crippen LogP contribution in [0.5, 0.6) is 0 Å². The van der Waals surface area contributed by atoms with E-state index in [1.165, 1.54) is 29.0 Å². The first-order valence-corrected chi connectivity index (χ1v) is 7.99. The summed E-state index contributed by atoms with van der Waals surface area (Å²) in [7, 11) is 0. The fourth-order valence-corrected chi connectivity index (χ4v) is 3.76. The van der Waals surface area contributed by atoms with Gasteiger partial charge in [-0.15, -0.1) is 11.3 Å². The van der Waals surface area contributed by atoms with E-state index in [0.717, 1.165) is 34.8 Å². The maximum atomic E-state index is 4.59. The summed E-state index contributed by atoms with van der Waals surface area (Å²) in [6.45, 7) is 6.54. The molecule has 106 valence electrons. The quantitative estimate of drug-likeness (QED) is 0.839. The number of hydrogen-bond donors (Lipinski definition) is 1. The van der Waals surface area contributed by atoms with Gasteiger partial charge in [-0.1, -0.05) is 6.92 Å². The van der Waals surface area contributed by atoms with Crippen LogP contribution in [-0.2, 0) is 0 Å². The molecule has 0 unspecified atom stereocenters. The molecule has 0 radical (unpaired) electrons. The van der Waals surface area contributed by atoms with Crippen molar-refractivity contribution in [3.63, 3.8) is 0 Å². The lowest BCUT2D eigenvalue weighted by Crippen LogP contribution is -2.14. The summed E-state index contributed by atoms with van der Waals surface area (Å²) in [5.74, 6) is 1.59. The molecule has 1 saturated carbocycles. The van der Waals surface area contributed by atoms with E-state index in [9.17, 15) is 0 Å². The Morgan fingerprint density at radius 1 is 1.35 bits per heavy atom. The van der Waals surface area contributed by atoms with Gasteiger partial charge in [-0.05, 0) is 51.0 Å². The van der Waals surface area contributed by atoms with Crippen molar-refractivity contribution < 1.29 is 0 Å². The minimum atomic E-state index is 0.750. The third-order valence-corrected chi connectivity index (χ3v) is 5.15. The summed E-state index contributed by atoms with van der Waals surface area (Å²) < 4.78 is 0. The molecule has 0 saturated heterocycles. The number of aromatic nitrogens is 2. The van der Waals surface area contributed by atoms with Crippen molar-refractivity contribution in [3.05, 3.63) is 16.8 Å². The van der Waals surface area contributed by atoms with E-state index >= 15 is 0 Å². The van der Waals surface area contributed by atoms with Crippen molar-refractivity contribution in [3.8, 4) is 0 Å². The molecule has 20 heavy (non-hydrogen) atoms. The van der Waals surface area contributed by atoms with Gasteiger partial charge in [0.05, 0.1) is 5.39 Å². The van der Waals surface area contributed by atoms with E-state index in [0.29, 0.717) is 0 Å². The van der Waals surface area contributed by atoms with E-state index in [2.05, 4.69) is 41.3 Å². The first-order chi connectivity index (χ1) is 9.65. The van der Waals surface area contributed by atoms with E-state index in [4.69, 9.17) is 0 Å². The molecule has 1 N–H and O–H groups in total. The molecule has 0 spiro atoms. The zero-order valence-electron chi connectivity index (χ0n) is 12.2. The predicted molar refractivity (Wildman–Crippen MR) is 85.6 cm³/mol. The molecule has 2 aromatic rings. The normalized spacial score (nSPS) is 21.6. The minimum absolute atomic E-state index is 0.750. The average Bonchev–Trinajstić information content (AvgIpc) is 2.73. The first-order valence-electron chi connectivity index (χ1n) is 7.17. The zero-order valence-corrected chi connectivity index (χ0v) is 13.0. The number of aryl methyl sites for hydroxylation is 2. The van der Waals surface area contributed by atoms with Crippen LogP contribution >= 0.6 is 11.3 Å². The van der Waals surface area contributed by atoms with Gasteiger partial charge >= 0.3 is 0 Å². The molecule has 0 amide bonds. The van der Waals surface area contributed by atoms with Crippen molar-refractivity contribution in [1.82, 2.24) is 9.97 Å². The van der Waals surface area contributed by atoms with Gasteiger partial charge in [-0.25, -0.2) is 9.97 Å². The minimum Gasteiger partial charge on any atom is -0.261 e. The fraction of sp³-hybridized carbons (Fsp3) is 0.533. The molecule has 2 aromatic heterocycles. The Balaban J connectivity index is 1.89. The Hall–Kier alpha value is -1.49. The van der Waals surface area contributed by atoms with Gasteiger partial charge in [-0.3, -0.25) is 5.43 Å². The molecule has 1 fully saturated rings. The summed E-state index contributed by atoms with van der Waals surface area (Å²) in [4.78, 5) is 11.0. The molecule has 2 heterocycles. The van der Waals surface area contributed by atoms with Crippen LogP contribution in [0.3, 0.4) is 0 Å². The molecule has 1 atom stereocenters. The molecule has 0 aliphatic heterocycles. The predicted octanol–water partition coefficient (Wildman–Crippen LogP) is 4.29. The molecule has 3 rings (SSSR count). The van der Waals surface area contributed by atoms with Crippen LogP contribution in [0.4, 0.5) is 5.82 Å². The summed E-state index contributed by atoms with van der Waals surface area (Å²) in [6, 6.07) is 0. The first kappa shape index (κ1) is 13.5. The second-order valence-corrected chi connectivity index (χ2v) is 6.88. The van der Waals surface area contributed by atoms with Crippen LogP contribution in [-0.4, -0.2) is 15.7 Å². The average molecular weight is 288 g/mol. The number of nitrogens with one attached hydrogen (secondary N) is 1. The lowest BCUT2D eigenvalue weighted by atomic mass is 9.89. The molecule has 0 bridgehead atoms. The van der Waals surface area contributed by atoms with E-state index in [1.807, 2.05) is 0 Å². The van der Waals surface area contributed by atoms with Crippen LogP contribution in [0.1, 0.15) is 43.0 Å². The summed E-state index contributed by atoms with van der Waals surface area (Å²) in [5, 5.41) is 5.70. The maximum absolute atomic E-state index is 4.59. The van der Waals surface area contributed by atoms with Crippen molar-refractivity contribution in [1.29, 1.82) is 0 Å². The number of hydrogen-bond acceptors (Lipinski definition) is 5. The second-order valence-electron chi connectivity index (χ2n) is 5.68. The molecule has 5 heteroatoms. The highest BCUT2D eigenvalue weighted by Crippen LogP contribution is 2.32. The van der Waals surface area contributed by atoms with Gasteiger partial charge in [0.2, 0.25) is 0 Å². The van der Waals surface area contributed by atoms with Gasteiger partial charge in [0.15, 0.2) is 5.82 Å². The number of nitrogens with zero attached hydrogens (tertiary/aromatic N) is 3. The standard InChI is InChI=1S/C15H20N4S/c1-9-5-4-6-12(7-9)18-19-14-13-10(2)11(3)20-15(13)17-8-16-14/h8-9H,4-7H2,1-3H3,(H,16,17,19)/b18-12+/t9-/m0/s1. The Morgan fingerprint density at radius 3 is 3.00 bits per heavy atom. The highest BCUT2D eigenvalue weighted by molar-refractivity contribution is 7.18. The number of anilines is 1. The second kappa shape index (κ2) is 5.48. The summed E-state index contributed by atoms with van der Waals surface area (Å²) in [6.07, 6.45) is 6.39. The van der Waals surface area contributed by atoms with Gasteiger partial charge < -0.3 is 0 Å². The number of thiophene rings is 1. The molecular formula is C15H20N4S. The summed E-state index contributed by atoms with van der Waals surface area (Å²) in [5.41, 5.74) is 5.69. The molecule has 1 aliphatic carbocycles. The van der Waals surface area contributed by atoms with E-state index in [1.54, 1.807) is 17.7 Å². The highest BCUT2D eigenvalue weighted by atomic mass is 32.1. The zero-order chi connectivity index (χ0) is 14.1. The van der Waals surface area contributed by atoms with Gasteiger partial charge in [-0.2, -0.15) is 5.10 Å². The number of fused-ring (bicyclic) bond motifs is 1. The van der Waals surface area contributed by atoms with Crippen LogP contribution in [0.2, 0.25) is 0 Å². The number of hydrazone groups is 1. The Morgan fingerprint density at radius 2 is 2.20 bits per heavy atom. The molecular weight excluding hydrogens is 268 g/mol. The smallest absolute Gasteiger partial charge is 0.158 e. The summed E-state index contributed by atoms with van der Waals surface area (Å²) >= 11 is 1.72. The largest absolute Gasteiger partial charge is 0.261 e. The van der Waals surface area contributed by atoms with Crippen molar-refractivity contribution >= 4 is 33.1 Å². The monoisotopic (exact) mass is 288 g/mol. The molecule has 1 aliphatic rings. The van der Waals surface area contributed by atoms with Crippen molar-refractivity contribution in [2.45, 2.75) is 46.5 Å². The molecule has 0 aromatic carbocycles. The van der Waals surface area contributed by atoms with E-state index in [-0.39, 0.29) is 0 Å². The third-order valence-electron chi connectivity index (χ3n) is 4.03. The van der Waals surface area contributed by atoms with Crippen LogP contribution in [0, 0.1) is 19.8 Å². The molecule has 4 nitrogen and oxygen atoms in total. The van der Waals surface area contributed by atoms with Crippen LogP contribution < -0.4 is 5.43 Å². The van der Waals surface area contributed by atoms with Crippen molar-refractivity contribution in [2.75, 3.05) is 5.43 Å². The van der Waals surface area contributed by atoms with Gasteiger partial charge in [0.25, 0.3) is 0 Å². The lowest BCUT2D eigenvalue weighted by molar-refractivity contribution is 0.500. The highest BCUT2D eigenvalue weighted by Gasteiger charge is 2.15. The maximum Gasteiger partial charge on any atom is 0.158 e. The SMILES string of the molecule is Cc1sc2ncnc(N/N=C3\CCC[C@H](C)C3)c2c1C. The van der Waals surface area contributed by atoms with Gasteiger partial charge in [0, 0.05) is 10.6 Å². The third kappa shape index (κ3) is 2.54. The van der Waals surface area contributed by atoms with Crippen molar-refractivity contribution in [2.24, 2.45) is 11.0 Å². The topological polar surface area (TPSA) is 50.2 Å². The van der Waals surface area contributed by atoms with Crippen LogP contribution in [0.25, 0.3) is 10.2 Å². The Kier molecular flexibility index (Phi) is 3.70. The Bertz CT molecular complexity index is 659. The Labute approximate surface area is 123 Å². The van der Waals surface area contributed by atoms with Gasteiger partial charge in [0.1, 0.15) is 11.2 Å².